The molecular formula is C22H25N3O5. The van der Waals surface area contributed by atoms with E-state index in [1.165, 1.54) is 0 Å². The minimum atomic E-state index is -0.590. The number of carbonyl (C=O) groups is 2. The lowest BCUT2D eigenvalue weighted by Gasteiger charge is -2.33. The van der Waals surface area contributed by atoms with Gasteiger partial charge in [0.15, 0.2) is 11.5 Å². The van der Waals surface area contributed by atoms with Crippen LogP contribution in [0.3, 0.4) is 0 Å². The number of carbonyl (C=O) groups excluding carboxylic acids is 2. The highest BCUT2D eigenvalue weighted by molar-refractivity contribution is 6.01. The van der Waals surface area contributed by atoms with E-state index in [1.807, 2.05) is 35.2 Å². The van der Waals surface area contributed by atoms with Crippen LogP contribution in [0.5, 0.6) is 11.5 Å². The summed E-state index contributed by atoms with van der Waals surface area (Å²) in [6, 6.07) is 14.1. The minimum absolute atomic E-state index is 0.142. The standard InChI is InChI=1S/C22H25N3O5/c26-20(24-22(28)23-17-6-7-18-19(12-17)30-14-29-18)13-25-10-8-16(9-11-25)21(27)15-4-2-1-3-5-15/h1-7,12,16,21,27H,8-11,13-14H2,(H2,23,24,26,28). The number of urea groups is 1. The van der Waals surface area contributed by atoms with Crippen LogP contribution in [0.2, 0.25) is 0 Å². The molecule has 2 aliphatic heterocycles. The maximum Gasteiger partial charge on any atom is 0.325 e. The van der Waals surface area contributed by atoms with Crippen molar-refractivity contribution in [2.75, 3.05) is 31.7 Å². The van der Waals surface area contributed by atoms with Crippen LogP contribution >= 0.6 is 0 Å². The van der Waals surface area contributed by atoms with Gasteiger partial charge in [0.1, 0.15) is 0 Å². The van der Waals surface area contributed by atoms with E-state index in [4.69, 9.17) is 9.47 Å². The number of nitrogens with zero attached hydrogens (tertiary/aromatic N) is 1. The summed E-state index contributed by atoms with van der Waals surface area (Å²) in [6.07, 6.45) is 1.11. The first-order chi connectivity index (χ1) is 14.6. The number of aliphatic hydroxyl groups is 1. The predicted molar refractivity (Wildman–Crippen MR) is 110 cm³/mol. The predicted octanol–water partition coefficient (Wildman–Crippen LogP) is 2.51. The molecule has 0 radical (unpaired) electrons. The summed E-state index contributed by atoms with van der Waals surface area (Å²) in [7, 11) is 0. The molecule has 8 nitrogen and oxygen atoms in total. The summed E-state index contributed by atoms with van der Waals surface area (Å²) in [6.45, 7) is 1.70. The van der Waals surface area contributed by atoms with Crippen LogP contribution in [-0.4, -0.2) is 48.4 Å². The van der Waals surface area contributed by atoms with Gasteiger partial charge in [0.2, 0.25) is 12.7 Å². The number of piperidine rings is 1. The summed E-state index contributed by atoms with van der Waals surface area (Å²) in [5.41, 5.74) is 1.44. The van der Waals surface area contributed by atoms with Crippen molar-refractivity contribution in [3.8, 4) is 11.5 Å². The molecule has 0 bridgehead atoms. The molecule has 2 aromatic carbocycles. The molecule has 0 aromatic heterocycles. The number of anilines is 1. The van der Waals surface area contributed by atoms with Gasteiger partial charge < -0.3 is 19.9 Å². The van der Waals surface area contributed by atoms with Crippen molar-refractivity contribution in [1.29, 1.82) is 0 Å². The Morgan fingerprint density at radius 3 is 2.57 bits per heavy atom. The van der Waals surface area contributed by atoms with Crippen molar-refractivity contribution in [1.82, 2.24) is 10.2 Å². The minimum Gasteiger partial charge on any atom is -0.454 e. The largest absolute Gasteiger partial charge is 0.454 e. The molecule has 158 valence electrons. The second kappa shape index (κ2) is 9.15. The van der Waals surface area contributed by atoms with E-state index >= 15 is 0 Å². The topological polar surface area (TPSA) is 100 Å². The highest BCUT2D eigenvalue weighted by Gasteiger charge is 2.27. The Morgan fingerprint density at radius 2 is 1.80 bits per heavy atom. The zero-order chi connectivity index (χ0) is 20.9. The Kier molecular flexibility index (Phi) is 6.15. The highest BCUT2D eigenvalue weighted by Crippen LogP contribution is 2.34. The van der Waals surface area contributed by atoms with Crippen LogP contribution in [0.4, 0.5) is 10.5 Å². The van der Waals surface area contributed by atoms with Crippen LogP contribution in [0.25, 0.3) is 0 Å². The van der Waals surface area contributed by atoms with Gasteiger partial charge in [0, 0.05) is 11.8 Å². The molecule has 1 atom stereocenters. The molecule has 2 aliphatic rings. The lowest BCUT2D eigenvalue weighted by atomic mass is 9.87. The highest BCUT2D eigenvalue weighted by atomic mass is 16.7. The number of fused-ring (bicyclic) bond motifs is 1. The van der Waals surface area contributed by atoms with E-state index in [2.05, 4.69) is 10.6 Å². The van der Waals surface area contributed by atoms with Gasteiger partial charge in [0.25, 0.3) is 0 Å². The van der Waals surface area contributed by atoms with Crippen LogP contribution in [0, 0.1) is 5.92 Å². The molecule has 8 heteroatoms. The van der Waals surface area contributed by atoms with Crippen molar-refractivity contribution >= 4 is 17.6 Å². The summed E-state index contributed by atoms with van der Waals surface area (Å²) in [4.78, 5) is 26.3. The Balaban J connectivity index is 1.21. The number of ether oxygens (including phenoxy) is 2. The fourth-order valence-corrected chi connectivity index (χ4v) is 3.86. The molecule has 0 aliphatic carbocycles. The number of nitrogens with one attached hydrogen (secondary N) is 2. The van der Waals surface area contributed by atoms with Crippen LogP contribution < -0.4 is 20.1 Å². The Morgan fingerprint density at radius 1 is 1.07 bits per heavy atom. The average Bonchev–Trinajstić information content (AvgIpc) is 3.22. The molecule has 2 heterocycles. The lowest BCUT2D eigenvalue weighted by molar-refractivity contribution is -0.121. The first-order valence-electron chi connectivity index (χ1n) is 10.0. The smallest absolute Gasteiger partial charge is 0.325 e. The third-order valence-electron chi connectivity index (χ3n) is 5.47. The first kappa shape index (κ1) is 20.2. The molecule has 1 saturated heterocycles. The quantitative estimate of drug-likeness (QED) is 0.699. The fourth-order valence-electron chi connectivity index (χ4n) is 3.86. The molecule has 1 fully saturated rings. The third-order valence-corrected chi connectivity index (χ3v) is 5.47. The molecule has 0 saturated carbocycles. The Hall–Kier alpha value is -3.10. The number of aliphatic hydroxyl groups excluding tert-OH is 1. The number of amides is 3. The monoisotopic (exact) mass is 411 g/mol. The van der Waals surface area contributed by atoms with Crippen molar-refractivity contribution in [2.24, 2.45) is 5.92 Å². The zero-order valence-corrected chi connectivity index (χ0v) is 16.5. The number of hydrogen-bond acceptors (Lipinski definition) is 6. The van der Waals surface area contributed by atoms with Crippen molar-refractivity contribution in [3.63, 3.8) is 0 Å². The van der Waals surface area contributed by atoms with E-state index in [1.54, 1.807) is 18.2 Å². The second-order valence-electron chi connectivity index (χ2n) is 7.54. The Bertz CT molecular complexity index is 897. The van der Waals surface area contributed by atoms with Gasteiger partial charge in [-0.2, -0.15) is 0 Å². The molecule has 2 aromatic rings. The molecule has 0 spiro atoms. The molecular weight excluding hydrogens is 386 g/mol. The summed E-state index contributed by atoms with van der Waals surface area (Å²) >= 11 is 0. The second-order valence-corrected chi connectivity index (χ2v) is 7.54. The summed E-state index contributed by atoms with van der Waals surface area (Å²) in [5, 5.41) is 15.5. The van der Waals surface area contributed by atoms with E-state index in [0.29, 0.717) is 30.3 Å². The van der Waals surface area contributed by atoms with E-state index in [-0.39, 0.29) is 25.2 Å². The number of imide groups is 1. The van der Waals surface area contributed by atoms with Crippen molar-refractivity contribution in [3.05, 3.63) is 54.1 Å². The van der Waals surface area contributed by atoms with E-state index < -0.39 is 12.1 Å². The molecule has 1 unspecified atom stereocenters. The SMILES string of the molecule is O=C(CN1CCC(C(O)c2ccccc2)CC1)NC(=O)Nc1ccc2c(c1)OCO2. The maximum atomic E-state index is 12.2. The number of hydrogen-bond donors (Lipinski definition) is 3. The molecule has 4 rings (SSSR count). The van der Waals surface area contributed by atoms with Gasteiger partial charge in [-0.05, 0) is 49.5 Å². The van der Waals surface area contributed by atoms with Gasteiger partial charge in [-0.1, -0.05) is 30.3 Å². The van der Waals surface area contributed by atoms with Crippen LogP contribution in [0.15, 0.2) is 48.5 Å². The zero-order valence-electron chi connectivity index (χ0n) is 16.5. The summed E-state index contributed by atoms with van der Waals surface area (Å²) < 4.78 is 10.5. The molecule has 3 amide bonds. The number of likely N-dealkylation sites (tertiary alicyclic amines) is 1. The van der Waals surface area contributed by atoms with Gasteiger partial charge >= 0.3 is 6.03 Å². The van der Waals surface area contributed by atoms with Gasteiger partial charge in [-0.25, -0.2) is 4.79 Å². The number of rotatable bonds is 5. The first-order valence-corrected chi connectivity index (χ1v) is 10.0. The third kappa shape index (κ3) is 4.90. The maximum absolute atomic E-state index is 12.2. The van der Waals surface area contributed by atoms with Crippen molar-refractivity contribution in [2.45, 2.75) is 18.9 Å². The fraction of sp³-hybridized carbons (Fsp3) is 0.364. The normalized spacial score (nSPS) is 17.4. The van der Waals surface area contributed by atoms with Gasteiger partial charge in [-0.15, -0.1) is 0 Å². The molecule has 30 heavy (non-hydrogen) atoms. The van der Waals surface area contributed by atoms with E-state index in [9.17, 15) is 14.7 Å². The summed E-state index contributed by atoms with van der Waals surface area (Å²) in [5.74, 6) is 0.980. The van der Waals surface area contributed by atoms with Gasteiger partial charge in [0.05, 0.1) is 12.6 Å². The van der Waals surface area contributed by atoms with Crippen molar-refractivity contribution < 1.29 is 24.2 Å². The van der Waals surface area contributed by atoms with Crippen LogP contribution in [-0.2, 0) is 4.79 Å². The van der Waals surface area contributed by atoms with Crippen LogP contribution in [0.1, 0.15) is 24.5 Å². The van der Waals surface area contributed by atoms with Gasteiger partial charge in [-0.3, -0.25) is 15.0 Å². The lowest BCUT2D eigenvalue weighted by Crippen LogP contribution is -2.44. The Labute approximate surface area is 174 Å². The average molecular weight is 411 g/mol. The number of benzene rings is 2. The van der Waals surface area contributed by atoms with E-state index in [0.717, 1.165) is 18.4 Å². The molecule has 3 N–H and O–H groups in total.